The molecule has 0 amide bonds. The van der Waals surface area contributed by atoms with Crippen LogP contribution in [0.2, 0.25) is 0 Å². The molecule has 0 bridgehead atoms. The van der Waals surface area contributed by atoms with Crippen molar-refractivity contribution < 1.29 is 9.47 Å². The molecule has 0 aromatic heterocycles. The van der Waals surface area contributed by atoms with Crippen molar-refractivity contribution in [1.29, 1.82) is 0 Å². The van der Waals surface area contributed by atoms with Gasteiger partial charge in [-0.05, 0) is 45.5 Å². The number of hydrogen-bond acceptors (Lipinski definition) is 7. The van der Waals surface area contributed by atoms with E-state index in [1.165, 1.54) is 17.5 Å². The highest BCUT2D eigenvalue weighted by Crippen LogP contribution is 2.34. The molecular formula is C23H29N5O2S. The zero-order valence-corrected chi connectivity index (χ0v) is 19.1. The summed E-state index contributed by atoms with van der Waals surface area (Å²) in [4.78, 5) is 8.50. The van der Waals surface area contributed by atoms with Gasteiger partial charge in [0, 0.05) is 42.4 Å². The molecule has 0 saturated heterocycles. The van der Waals surface area contributed by atoms with E-state index in [0.717, 1.165) is 42.3 Å². The summed E-state index contributed by atoms with van der Waals surface area (Å²) in [5, 5.41) is 6.61. The number of nitrogens with one attached hydrogen (secondary N) is 2. The zero-order chi connectivity index (χ0) is 22.1. The molecule has 2 aromatic carbocycles. The fourth-order valence-corrected chi connectivity index (χ4v) is 3.49. The van der Waals surface area contributed by atoms with Gasteiger partial charge >= 0.3 is 0 Å². The Morgan fingerprint density at radius 3 is 2.65 bits per heavy atom. The molecule has 7 nitrogen and oxygen atoms in total. The highest BCUT2D eigenvalue weighted by molar-refractivity contribution is 7.98. The molecule has 0 spiro atoms. The number of guanidine groups is 1. The number of benzene rings is 2. The second kappa shape index (κ2) is 11.4. The third-order valence-corrected chi connectivity index (χ3v) is 5.14. The molecule has 0 saturated carbocycles. The Hall–Kier alpha value is -3.00. The SMILES string of the molecule is C=N/C(=N\SCOc1cc(C)c(NC2=NCCCN2)cc1OCC)c1ccc(C)cc1. The van der Waals surface area contributed by atoms with Crippen molar-refractivity contribution in [3.05, 3.63) is 53.1 Å². The monoisotopic (exact) mass is 439 g/mol. The van der Waals surface area contributed by atoms with Crippen LogP contribution in [0.25, 0.3) is 0 Å². The summed E-state index contributed by atoms with van der Waals surface area (Å²) in [6, 6.07) is 11.9. The summed E-state index contributed by atoms with van der Waals surface area (Å²) in [6.45, 7) is 11.9. The number of aryl methyl sites for hydroxylation is 2. The molecule has 0 fully saturated rings. The van der Waals surface area contributed by atoms with E-state index in [1.54, 1.807) is 0 Å². The maximum Gasteiger partial charge on any atom is 0.195 e. The van der Waals surface area contributed by atoms with Crippen molar-refractivity contribution in [1.82, 2.24) is 5.32 Å². The van der Waals surface area contributed by atoms with Crippen LogP contribution in [0, 0.1) is 13.8 Å². The van der Waals surface area contributed by atoms with Gasteiger partial charge in [-0.2, -0.15) is 4.40 Å². The number of amidine groups is 1. The van der Waals surface area contributed by atoms with Crippen LogP contribution < -0.4 is 20.1 Å². The van der Waals surface area contributed by atoms with Crippen LogP contribution in [-0.4, -0.2) is 44.1 Å². The number of nitrogens with zero attached hydrogens (tertiary/aromatic N) is 3. The quantitative estimate of drug-likeness (QED) is 0.207. The van der Waals surface area contributed by atoms with Crippen molar-refractivity contribution in [2.45, 2.75) is 27.2 Å². The Balaban J connectivity index is 1.67. The van der Waals surface area contributed by atoms with Gasteiger partial charge < -0.3 is 20.1 Å². The second-order valence-electron chi connectivity index (χ2n) is 7.01. The number of anilines is 1. The number of rotatable bonds is 8. The maximum absolute atomic E-state index is 5.96. The van der Waals surface area contributed by atoms with Gasteiger partial charge in [0.05, 0.1) is 6.61 Å². The van der Waals surface area contributed by atoms with Crippen LogP contribution in [0.4, 0.5) is 5.69 Å². The van der Waals surface area contributed by atoms with Gasteiger partial charge in [-0.25, -0.2) is 4.99 Å². The van der Waals surface area contributed by atoms with Crippen LogP contribution in [0.3, 0.4) is 0 Å². The van der Waals surface area contributed by atoms with E-state index in [4.69, 9.17) is 9.47 Å². The standard InChI is InChI=1S/C23H29N5O2S/c1-5-29-21-14-19(27-23-25-11-6-12-26-23)17(3)13-20(21)30-15-31-28-22(24-4)18-9-7-16(2)8-10-18/h7-10,13-14H,4-6,11-12,15H2,1-3H3,(H2,25,26,27)/b28-22-. The molecule has 1 heterocycles. The Morgan fingerprint density at radius 2 is 1.97 bits per heavy atom. The van der Waals surface area contributed by atoms with Crippen LogP contribution in [0.1, 0.15) is 30.0 Å². The Bertz CT molecular complexity index is 957. The first-order chi connectivity index (χ1) is 15.1. The van der Waals surface area contributed by atoms with Crippen LogP contribution in [0.5, 0.6) is 11.5 Å². The van der Waals surface area contributed by atoms with Crippen LogP contribution >= 0.6 is 11.9 Å². The van der Waals surface area contributed by atoms with E-state index in [9.17, 15) is 0 Å². The molecule has 0 atom stereocenters. The fourth-order valence-electron chi connectivity index (χ4n) is 2.97. The maximum atomic E-state index is 5.96. The predicted octanol–water partition coefficient (Wildman–Crippen LogP) is 4.60. The summed E-state index contributed by atoms with van der Waals surface area (Å²) in [5.74, 6) is 3.05. The highest BCUT2D eigenvalue weighted by atomic mass is 32.2. The number of aliphatic imine (C=N–C) groups is 2. The lowest BCUT2D eigenvalue weighted by Crippen LogP contribution is -2.35. The van der Waals surface area contributed by atoms with Gasteiger partial charge in [0.15, 0.2) is 29.2 Å². The van der Waals surface area contributed by atoms with E-state index in [-0.39, 0.29) is 0 Å². The van der Waals surface area contributed by atoms with Gasteiger partial charge in [-0.1, -0.05) is 29.8 Å². The van der Waals surface area contributed by atoms with Gasteiger partial charge in [0.2, 0.25) is 0 Å². The molecule has 2 N–H and O–H groups in total. The Kier molecular flexibility index (Phi) is 8.35. The van der Waals surface area contributed by atoms with Crippen LogP contribution in [0.15, 0.2) is 50.8 Å². The lowest BCUT2D eigenvalue weighted by Gasteiger charge is -2.19. The molecular weight excluding hydrogens is 410 g/mol. The predicted molar refractivity (Wildman–Crippen MR) is 131 cm³/mol. The molecule has 0 radical (unpaired) electrons. The summed E-state index contributed by atoms with van der Waals surface area (Å²) < 4.78 is 16.2. The van der Waals surface area contributed by atoms with Gasteiger partial charge in [-0.3, -0.25) is 4.99 Å². The van der Waals surface area contributed by atoms with Crippen molar-refractivity contribution >= 4 is 36.1 Å². The van der Waals surface area contributed by atoms with Crippen molar-refractivity contribution in [2.24, 2.45) is 14.4 Å². The minimum Gasteiger partial charge on any atom is -0.490 e. The minimum atomic E-state index is 0.325. The molecule has 0 aliphatic carbocycles. The molecule has 1 aliphatic heterocycles. The fraction of sp³-hybridized carbons (Fsp3) is 0.348. The van der Waals surface area contributed by atoms with E-state index in [1.807, 2.05) is 57.2 Å². The molecule has 1 aliphatic rings. The van der Waals surface area contributed by atoms with Crippen LogP contribution in [-0.2, 0) is 0 Å². The van der Waals surface area contributed by atoms with E-state index in [2.05, 4.69) is 31.7 Å². The van der Waals surface area contributed by atoms with Gasteiger partial charge in [0.1, 0.15) is 0 Å². The van der Waals surface area contributed by atoms with Crippen molar-refractivity contribution in [3.8, 4) is 11.5 Å². The third-order valence-electron chi connectivity index (χ3n) is 4.62. The average molecular weight is 440 g/mol. The topological polar surface area (TPSA) is 79.6 Å². The van der Waals surface area contributed by atoms with Gasteiger partial charge in [-0.15, -0.1) is 0 Å². The van der Waals surface area contributed by atoms with Crippen molar-refractivity contribution in [2.75, 3.05) is 31.0 Å². The summed E-state index contributed by atoms with van der Waals surface area (Å²) in [7, 11) is 0. The molecule has 31 heavy (non-hydrogen) atoms. The normalized spacial score (nSPS) is 13.8. The van der Waals surface area contributed by atoms with E-state index < -0.39 is 0 Å². The highest BCUT2D eigenvalue weighted by Gasteiger charge is 2.13. The summed E-state index contributed by atoms with van der Waals surface area (Å²) in [6.07, 6.45) is 1.05. The smallest absolute Gasteiger partial charge is 0.195 e. The number of ether oxygens (including phenoxy) is 2. The Morgan fingerprint density at radius 1 is 1.19 bits per heavy atom. The van der Waals surface area contributed by atoms with Gasteiger partial charge in [0.25, 0.3) is 0 Å². The lowest BCUT2D eigenvalue weighted by atomic mass is 10.1. The third kappa shape index (κ3) is 6.49. The van der Waals surface area contributed by atoms with Crippen molar-refractivity contribution in [3.63, 3.8) is 0 Å². The molecule has 8 heteroatoms. The zero-order valence-electron chi connectivity index (χ0n) is 18.3. The second-order valence-corrected chi connectivity index (χ2v) is 7.69. The summed E-state index contributed by atoms with van der Waals surface area (Å²) >= 11 is 1.28. The largest absolute Gasteiger partial charge is 0.490 e. The molecule has 0 unspecified atom stereocenters. The lowest BCUT2D eigenvalue weighted by molar-refractivity contribution is 0.306. The number of hydrogen-bond donors (Lipinski definition) is 2. The molecule has 2 aromatic rings. The first-order valence-electron chi connectivity index (χ1n) is 10.3. The molecule has 164 valence electrons. The Labute approximate surface area is 188 Å². The minimum absolute atomic E-state index is 0.325. The molecule has 3 rings (SSSR count). The summed E-state index contributed by atoms with van der Waals surface area (Å²) in [5.41, 5.74) is 4.09. The average Bonchev–Trinajstić information content (AvgIpc) is 2.78. The first kappa shape index (κ1) is 22.7. The van der Waals surface area contributed by atoms with E-state index in [0.29, 0.717) is 29.9 Å². The van der Waals surface area contributed by atoms with E-state index >= 15 is 0 Å². The first-order valence-corrected chi connectivity index (χ1v) is 11.2.